The summed E-state index contributed by atoms with van der Waals surface area (Å²) in [5.74, 6) is -1.32. The average molecular weight is 350 g/mol. The second-order valence-electron chi connectivity index (χ2n) is 6.51. The van der Waals surface area contributed by atoms with Crippen molar-refractivity contribution in [3.05, 3.63) is 29.1 Å². The fourth-order valence-corrected chi connectivity index (χ4v) is 3.91. The quantitative estimate of drug-likeness (QED) is 0.582. The van der Waals surface area contributed by atoms with Crippen LogP contribution < -0.4 is 4.74 Å². The molecule has 0 N–H and O–H groups in total. The maximum absolute atomic E-state index is 14.6. The van der Waals surface area contributed by atoms with Gasteiger partial charge in [0.2, 0.25) is 0 Å². The molecule has 1 saturated heterocycles. The van der Waals surface area contributed by atoms with E-state index < -0.39 is 11.8 Å². The number of ketones is 1. The minimum atomic E-state index is -0.706. The van der Waals surface area contributed by atoms with Crippen molar-refractivity contribution in [1.82, 2.24) is 0 Å². The first-order chi connectivity index (χ1) is 12.1. The normalized spacial score (nSPS) is 24.8. The highest BCUT2D eigenvalue weighted by atomic mass is 19.1. The maximum Gasteiger partial charge on any atom is 0.342 e. The van der Waals surface area contributed by atoms with E-state index in [0.717, 1.165) is 18.9 Å². The topological polar surface area (TPSA) is 61.8 Å². The summed E-state index contributed by atoms with van der Waals surface area (Å²) in [5, 5.41) is 0. The Hall–Kier alpha value is -1.95. The molecule has 2 atom stereocenters. The van der Waals surface area contributed by atoms with Gasteiger partial charge in [-0.15, -0.1) is 0 Å². The van der Waals surface area contributed by atoms with Crippen LogP contribution in [-0.4, -0.2) is 38.2 Å². The van der Waals surface area contributed by atoms with E-state index in [2.05, 4.69) is 0 Å². The van der Waals surface area contributed by atoms with Crippen molar-refractivity contribution in [3.63, 3.8) is 0 Å². The van der Waals surface area contributed by atoms with Crippen LogP contribution in [-0.2, 0) is 9.47 Å². The summed E-state index contributed by atoms with van der Waals surface area (Å²) < 4.78 is 30.6. The van der Waals surface area contributed by atoms with Crippen LogP contribution in [0, 0.1) is 23.6 Å². The first kappa shape index (κ1) is 17.9. The van der Waals surface area contributed by atoms with E-state index in [-0.39, 0.29) is 47.0 Å². The van der Waals surface area contributed by atoms with Gasteiger partial charge in [0.25, 0.3) is 0 Å². The highest BCUT2D eigenvalue weighted by Crippen LogP contribution is 2.43. The standard InChI is InChI=1S/C19H23FO5/c1-3-24-16-8-13(15(20)7-14(16)19(22)25-4-2)18(21)17-11-5-6-12(17)10-23-9-11/h7-8,11-12,17H,3-6,9-10H2,1-2H3. The van der Waals surface area contributed by atoms with Gasteiger partial charge in [-0.1, -0.05) is 0 Å². The summed E-state index contributed by atoms with van der Waals surface area (Å²) in [4.78, 5) is 25.0. The Kier molecular flexibility index (Phi) is 5.37. The second-order valence-corrected chi connectivity index (χ2v) is 6.51. The lowest BCUT2D eigenvalue weighted by Gasteiger charge is -2.29. The lowest BCUT2D eigenvalue weighted by molar-refractivity contribution is 0.0103. The van der Waals surface area contributed by atoms with Crippen molar-refractivity contribution in [2.75, 3.05) is 26.4 Å². The average Bonchev–Trinajstić information content (AvgIpc) is 2.84. The Morgan fingerprint density at radius 1 is 1.12 bits per heavy atom. The van der Waals surface area contributed by atoms with Gasteiger partial charge >= 0.3 is 5.97 Å². The van der Waals surface area contributed by atoms with Crippen molar-refractivity contribution >= 4 is 11.8 Å². The maximum atomic E-state index is 14.6. The number of hydrogen-bond acceptors (Lipinski definition) is 5. The fraction of sp³-hybridized carbons (Fsp3) is 0.579. The molecule has 6 heteroatoms. The molecule has 2 unspecified atom stereocenters. The summed E-state index contributed by atoms with van der Waals surface area (Å²) in [6.45, 7) is 5.01. The highest BCUT2D eigenvalue weighted by Gasteiger charge is 2.44. The summed E-state index contributed by atoms with van der Waals surface area (Å²) in [6, 6.07) is 2.40. The zero-order valence-corrected chi connectivity index (χ0v) is 14.5. The molecule has 0 radical (unpaired) electrons. The summed E-state index contributed by atoms with van der Waals surface area (Å²) >= 11 is 0. The molecule has 1 aromatic rings. The van der Waals surface area contributed by atoms with Crippen molar-refractivity contribution in [2.24, 2.45) is 17.8 Å². The van der Waals surface area contributed by atoms with E-state index in [1.165, 1.54) is 6.07 Å². The van der Waals surface area contributed by atoms with Crippen LogP contribution in [0.25, 0.3) is 0 Å². The Bertz CT molecular complexity index is 656. The molecule has 1 aliphatic heterocycles. The number of carbonyl (C=O) groups excluding carboxylic acids is 2. The molecule has 2 aliphatic rings. The smallest absolute Gasteiger partial charge is 0.342 e. The molecule has 0 aromatic heterocycles. The number of fused-ring (bicyclic) bond motifs is 2. The van der Waals surface area contributed by atoms with Crippen LogP contribution >= 0.6 is 0 Å². The minimum Gasteiger partial charge on any atom is -0.493 e. The number of benzene rings is 1. The van der Waals surface area contributed by atoms with Gasteiger partial charge in [-0.25, -0.2) is 9.18 Å². The van der Waals surface area contributed by atoms with Gasteiger partial charge < -0.3 is 14.2 Å². The van der Waals surface area contributed by atoms with Crippen LogP contribution in [0.5, 0.6) is 5.75 Å². The molecule has 1 aromatic carbocycles. The predicted molar refractivity (Wildman–Crippen MR) is 88.4 cm³/mol. The van der Waals surface area contributed by atoms with Gasteiger partial charge in [-0.2, -0.15) is 0 Å². The first-order valence-corrected chi connectivity index (χ1v) is 8.82. The zero-order chi connectivity index (χ0) is 18.0. The summed E-state index contributed by atoms with van der Waals surface area (Å²) in [5.41, 5.74) is -0.00648. The Balaban J connectivity index is 1.94. The van der Waals surface area contributed by atoms with Crippen molar-refractivity contribution < 1.29 is 28.2 Å². The van der Waals surface area contributed by atoms with Crippen molar-refractivity contribution in [1.29, 1.82) is 0 Å². The van der Waals surface area contributed by atoms with E-state index in [9.17, 15) is 14.0 Å². The molecule has 25 heavy (non-hydrogen) atoms. The fourth-order valence-electron chi connectivity index (χ4n) is 3.91. The molecule has 2 bridgehead atoms. The van der Waals surface area contributed by atoms with Gasteiger partial charge in [0.1, 0.15) is 17.1 Å². The zero-order valence-electron chi connectivity index (χ0n) is 14.5. The second kappa shape index (κ2) is 7.52. The summed E-state index contributed by atoms with van der Waals surface area (Å²) in [7, 11) is 0. The highest BCUT2D eigenvalue weighted by molar-refractivity contribution is 6.01. The molecule has 0 spiro atoms. The van der Waals surface area contributed by atoms with Crippen LogP contribution in [0.15, 0.2) is 12.1 Å². The number of Topliss-reactive ketones (excluding diaryl/α,β-unsaturated/α-hetero) is 1. The van der Waals surface area contributed by atoms with Crippen molar-refractivity contribution in [3.8, 4) is 5.75 Å². The van der Waals surface area contributed by atoms with E-state index in [1.807, 2.05) is 0 Å². The van der Waals surface area contributed by atoms with E-state index in [4.69, 9.17) is 14.2 Å². The molecular formula is C19H23FO5. The van der Waals surface area contributed by atoms with Gasteiger partial charge in [0.05, 0.1) is 32.0 Å². The third-order valence-corrected chi connectivity index (χ3v) is 5.02. The number of rotatable bonds is 6. The SMILES string of the molecule is CCOC(=O)c1cc(F)c(C(=O)C2C3CCC2COC3)cc1OCC. The number of ether oxygens (including phenoxy) is 3. The molecule has 0 amide bonds. The third-order valence-electron chi connectivity index (χ3n) is 5.02. The third kappa shape index (κ3) is 3.40. The molecular weight excluding hydrogens is 327 g/mol. The van der Waals surface area contributed by atoms with E-state index in [0.29, 0.717) is 19.8 Å². The number of halogens is 1. The van der Waals surface area contributed by atoms with Crippen LogP contribution in [0.2, 0.25) is 0 Å². The number of carbonyl (C=O) groups is 2. The number of hydrogen-bond donors (Lipinski definition) is 0. The monoisotopic (exact) mass is 350 g/mol. The van der Waals surface area contributed by atoms with Crippen LogP contribution in [0.1, 0.15) is 47.4 Å². The molecule has 136 valence electrons. The lowest BCUT2D eigenvalue weighted by atomic mass is 9.81. The van der Waals surface area contributed by atoms with Gasteiger partial charge in [-0.3, -0.25) is 4.79 Å². The van der Waals surface area contributed by atoms with Gasteiger partial charge in [0.15, 0.2) is 5.78 Å². The first-order valence-electron chi connectivity index (χ1n) is 8.82. The van der Waals surface area contributed by atoms with Gasteiger partial charge in [0, 0.05) is 5.92 Å². The van der Waals surface area contributed by atoms with Crippen LogP contribution in [0.4, 0.5) is 4.39 Å². The minimum absolute atomic E-state index is 0.00713. The van der Waals surface area contributed by atoms with E-state index in [1.54, 1.807) is 13.8 Å². The Labute approximate surface area is 146 Å². The molecule has 1 heterocycles. The molecule has 1 saturated carbocycles. The Morgan fingerprint density at radius 3 is 2.40 bits per heavy atom. The van der Waals surface area contributed by atoms with E-state index >= 15 is 0 Å². The predicted octanol–water partition coefficient (Wildman–Crippen LogP) is 3.26. The molecule has 5 nitrogen and oxygen atoms in total. The van der Waals surface area contributed by atoms with Crippen molar-refractivity contribution in [2.45, 2.75) is 26.7 Å². The molecule has 2 fully saturated rings. The van der Waals surface area contributed by atoms with Crippen LogP contribution in [0.3, 0.4) is 0 Å². The summed E-state index contributed by atoms with van der Waals surface area (Å²) in [6.07, 6.45) is 1.86. The Morgan fingerprint density at radius 2 is 1.80 bits per heavy atom. The number of esters is 1. The largest absolute Gasteiger partial charge is 0.493 e. The van der Waals surface area contributed by atoms with Gasteiger partial charge in [-0.05, 0) is 50.7 Å². The molecule has 1 aliphatic carbocycles. The molecule has 3 rings (SSSR count). The lowest BCUT2D eigenvalue weighted by Crippen LogP contribution is -2.35.